The molecule has 1 fully saturated rings. The standard InChI is InChI=1S/C26H23Cl2N3O3/c1-13(25(32)33)16-5-3-4-6-18(16)20-11-22-21(12-29-20)30-26(34)31(22)14(2)23-19(27)10-9-17(24(23)28)15-7-8-15/h3-6,9-15H,7-8H2,1-2H3,(H,30,34)(H,32,33)/t13?,14-/m1/s1. The van der Waals surface area contributed by atoms with Gasteiger partial charge in [-0.1, -0.05) is 53.5 Å². The fourth-order valence-electron chi connectivity index (χ4n) is 4.61. The highest BCUT2D eigenvalue weighted by Crippen LogP contribution is 2.47. The number of carboxylic acids is 1. The number of nitrogens with zero attached hydrogens (tertiary/aromatic N) is 2. The Bertz CT molecular complexity index is 1490. The Morgan fingerprint density at radius 3 is 2.62 bits per heavy atom. The Balaban J connectivity index is 1.67. The van der Waals surface area contributed by atoms with Crippen molar-refractivity contribution >= 4 is 40.2 Å². The number of halogens is 2. The molecule has 5 rings (SSSR count). The van der Waals surface area contributed by atoms with Gasteiger partial charge < -0.3 is 10.1 Å². The summed E-state index contributed by atoms with van der Waals surface area (Å²) in [6, 6.07) is 12.5. The third-order valence-electron chi connectivity index (χ3n) is 6.65. The number of H-pyrrole nitrogens is 1. The first-order valence-corrected chi connectivity index (χ1v) is 11.9. The minimum absolute atomic E-state index is 0.294. The number of carboxylic acid groups (broad SMARTS) is 1. The molecule has 174 valence electrons. The molecule has 0 aliphatic heterocycles. The summed E-state index contributed by atoms with van der Waals surface area (Å²) >= 11 is 13.4. The molecular weight excluding hydrogens is 473 g/mol. The quantitative estimate of drug-likeness (QED) is 0.325. The van der Waals surface area contributed by atoms with Gasteiger partial charge in [0.25, 0.3) is 0 Å². The van der Waals surface area contributed by atoms with E-state index < -0.39 is 17.9 Å². The summed E-state index contributed by atoms with van der Waals surface area (Å²) in [5.41, 5.74) is 4.66. The van der Waals surface area contributed by atoms with Crippen LogP contribution in [0.2, 0.25) is 10.0 Å². The van der Waals surface area contributed by atoms with E-state index in [1.165, 1.54) is 0 Å². The molecule has 1 unspecified atom stereocenters. The van der Waals surface area contributed by atoms with E-state index in [1.807, 2.05) is 43.3 Å². The molecule has 6 nitrogen and oxygen atoms in total. The Kier molecular flexibility index (Phi) is 5.74. The molecule has 1 saturated carbocycles. The zero-order valence-corrected chi connectivity index (χ0v) is 20.2. The second-order valence-electron chi connectivity index (χ2n) is 8.85. The van der Waals surface area contributed by atoms with Gasteiger partial charge in [0.15, 0.2) is 0 Å². The number of carbonyl (C=O) groups is 1. The van der Waals surface area contributed by atoms with Gasteiger partial charge in [-0.15, -0.1) is 0 Å². The summed E-state index contributed by atoms with van der Waals surface area (Å²) in [5.74, 6) is -1.18. The minimum atomic E-state index is -0.916. The molecule has 4 aromatic rings. The van der Waals surface area contributed by atoms with E-state index in [4.69, 9.17) is 23.2 Å². The van der Waals surface area contributed by atoms with E-state index in [-0.39, 0.29) is 5.69 Å². The van der Waals surface area contributed by atoms with Crippen LogP contribution in [0.25, 0.3) is 22.3 Å². The summed E-state index contributed by atoms with van der Waals surface area (Å²) < 4.78 is 1.63. The lowest BCUT2D eigenvalue weighted by atomic mass is 9.94. The van der Waals surface area contributed by atoms with Crippen molar-refractivity contribution in [2.75, 3.05) is 0 Å². The molecule has 0 amide bonds. The van der Waals surface area contributed by atoms with Crippen molar-refractivity contribution in [3.63, 3.8) is 0 Å². The van der Waals surface area contributed by atoms with Crippen molar-refractivity contribution in [2.45, 2.75) is 44.6 Å². The maximum atomic E-state index is 13.0. The number of aliphatic carboxylic acids is 1. The van der Waals surface area contributed by atoms with Crippen molar-refractivity contribution in [3.05, 3.63) is 85.9 Å². The summed E-state index contributed by atoms with van der Waals surface area (Å²) in [5, 5.41) is 10.7. The fourth-order valence-corrected chi connectivity index (χ4v) is 5.45. The molecule has 1 aliphatic carbocycles. The lowest BCUT2D eigenvalue weighted by molar-refractivity contribution is -0.138. The zero-order chi connectivity index (χ0) is 24.1. The number of fused-ring (bicyclic) bond motifs is 1. The van der Waals surface area contributed by atoms with Crippen LogP contribution in [0.5, 0.6) is 0 Å². The van der Waals surface area contributed by atoms with E-state index in [9.17, 15) is 14.7 Å². The van der Waals surface area contributed by atoms with Crippen LogP contribution < -0.4 is 5.69 Å². The molecule has 8 heteroatoms. The van der Waals surface area contributed by atoms with Crippen molar-refractivity contribution in [3.8, 4) is 11.3 Å². The first kappa shape index (κ1) is 22.7. The van der Waals surface area contributed by atoms with E-state index in [0.29, 0.717) is 49.4 Å². The molecular formula is C26H23Cl2N3O3. The topological polar surface area (TPSA) is 88.0 Å². The number of imidazole rings is 1. The molecule has 2 atom stereocenters. The third-order valence-corrected chi connectivity index (χ3v) is 7.41. The number of aromatic nitrogens is 3. The monoisotopic (exact) mass is 495 g/mol. The van der Waals surface area contributed by atoms with Gasteiger partial charge in [-0.3, -0.25) is 14.3 Å². The van der Waals surface area contributed by atoms with Crippen LogP contribution in [0.3, 0.4) is 0 Å². The molecule has 1 aliphatic rings. The van der Waals surface area contributed by atoms with Gasteiger partial charge >= 0.3 is 11.7 Å². The molecule has 0 spiro atoms. The first-order valence-electron chi connectivity index (χ1n) is 11.2. The van der Waals surface area contributed by atoms with Gasteiger partial charge in [-0.2, -0.15) is 0 Å². The van der Waals surface area contributed by atoms with Gasteiger partial charge in [-0.25, -0.2) is 4.79 Å². The molecule has 0 bridgehead atoms. The number of pyridine rings is 1. The van der Waals surface area contributed by atoms with Crippen molar-refractivity contribution < 1.29 is 9.90 Å². The number of rotatable bonds is 6. The molecule has 0 radical (unpaired) electrons. The summed E-state index contributed by atoms with van der Waals surface area (Å²) in [4.78, 5) is 32.1. The van der Waals surface area contributed by atoms with E-state index in [1.54, 1.807) is 23.8 Å². The average Bonchev–Trinajstić information content (AvgIpc) is 3.59. The molecule has 0 saturated heterocycles. The highest BCUT2D eigenvalue weighted by atomic mass is 35.5. The Morgan fingerprint density at radius 2 is 1.91 bits per heavy atom. The van der Waals surface area contributed by atoms with Crippen LogP contribution in [0.15, 0.2) is 53.5 Å². The van der Waals surface area contributed by atoms with Crippen molar-refractivity contribution in [2.24, 2.45) is 0 Å². The van der Waals surface area contributed by atoms with Crippen LogP contribution in [0.1, 0.15) is 61.3 Å². The third kappa shape index (κ3) is 3.81. The molecule has 2 heterocycles. The van der Waals surface area contributed by atoms with E-state index in [2.05, 4.69) is 9.97 Å². The Morgan fingerprint density at radius 1 is 1.18 bits per heavy atom. The number of hydrogen-bond acceptors (Lipinski definition) is 3. The van der Waals surface area contributed by atoms with Gasteiger partial charge in [0.05, 0.1) is 39.9 Å². The molecule has 2 aromatic carbocycles. The SMILES string of the molecule is CC(C(=O)O)c1ccccc1-c1cc2c(cn1)[nH]c(=O)n2[C@H](C)c1c(Cl)ccc(C2CC2)c1Cl. The number of nitrogens with one attached hydrogen (secondary N) is 1. The summed E-state index contributed by atoms with van der Waals surface area (Å²) in [6.45, 7) is 3.55. The lowest BCUT2D eigenvalue weighted by Gasteiger charge is -2.19. The second-order valence-corrected chi connectivity index (χ2v) is 9.63. The van der Waals surface area contributed by atoms with Crippen LogP contribution >= 0.6 is 23.2 Å². The van der Waals surface area contributed by atoms with Gasteiger partial charge in [0, 0.05) is 16.1 Å². The maximum Gasteiger partial charge on any atom is 0.327 e. The average molecular weight is 496 g/mol. The van der Waals surface area contributed by atoms with Crippen LogP contribution in [-0.4, -0.2) is 25.6 Å². The van der Waals surface area contributed by atoms with Gasteiger partial charge in [0.2, 0.25) is 0 Å². The van der Waals surface area contributed by atoms with Crippen LogP contribution in [0, 0.1) is 0 Å². The number of aromatic amines is 1. The van der Waals surface area contributed by atoms with Crippen molar-refractivity contribution in [1.82, 2.24) is 14.5 Å². The number of benzene rings is 2. The van der Waals surface area contributed by atoms with Gasteiger partial charge in [0.1, 0.15) is 0 Å². The molecule has 2 aromatic heterocycles. The first-order chi connectivity index (χ1) is 16.3. The second kappa shape index (κ2) is 8.60. The van der Waals surface area contributed by atoms with Crippen LogP contribution in [-0.2, 0) is 4.79 Å². The largest absolute Gasteiger partial charge is 0.481 e. The summed E-state index contributed by atoms with van der Waals surface area (Å²) in [6.07, 6.45) is 3.80. The Labute approximate surface area is 206 Å². The maximum absolute atomic E-state index is 13.0. The predicted molar refractivity (Wildman–Crippen MR) is 134 cm³/mol. The summed E-state index contributed by atoms with van der Waals surface area (Å²) in [7, 11) is 0. The smallest absolute Gasteiger partial charge is 0.327 e. The molecule has 2 N–H and O–H groups in total. The normalized spacial score (nSPS) is 15.4. The number of hydrogen-bond donors (Lipinski definition) is 2. The van der Waals surface area contributed by atoms with Crippen molar-refractivity contribution in [1.29, 1.82) is 0 Å². The molecule has 34 heavy (non-hydrogen) atoms. The van der Waals surface area contributed by atoms with E-state index >= 15 is 0 Å². The Hall–Kier alpha value is -3.09. The predicted octanol–water partition coefficient (Wildman–Crippen LogP) is 6.37. The lowest BCUT2D eigenvalue weighted by Crippen LogP contribution is -2.22. The zero-order valence-electron chi connectivity index (χ0n) is 18.7. The van der Waals surface area contributed by atoms with E-state index in [0.717, 1.165) is 18.4 Å². The fraction of sp³-hybridized carbons (Fsp3) is 0.269. The minimum Gasteiger partial charge on any atom is -0.481 e. The van der Waals surface area contributed by atoms with Gasteiger partial charge in [-0.05, 0) is 55.9 Å². The highest BCUT2D eigenvalue weighted by molar-refractivity contribution is 6.36. The highest BCUT2D eigenvalue weighted by Gasteiger charge is 2.30. The van der Waals surface area contributed by atoms with Crippen LogP contribution in [0.4, 0.5) is 0 Å².